The van der Waals surface area contributed by atoms with Crippen molar-refractivity contribution in [2.45, 2.75) is 45.9 Å². The number of carbonyl (C=O) groups is 1. The second-order valence-corrected chi connectivity index (χ2v) is 5.63. The summed E-state index contributed by atoms with van der Waals surface area (Å²) in [6, 6.07) is 0. The van der Waals surface area contributed by atoms with Crippen LogP contribution in [0.5, 0.6) is 0 Å². The van der Waals surface area contributed by atoms with Crippen LogP contribution in [0.4, 0.5) is 0 Å². The molecule has 0 bridgehead atoms. The Kier molecular flexibility index (Phi) is 4.91. The smallest absolute Gasteiger partial charge is 0.312 e. The normalized spacial score (nSPS) is 26.9. The molecule has 0 aromatic carbocycles. The molecular formula is C12H23NO4. The largest absolute Gasteiger partial charge is 0.446 e. The number of hydrogen-bond acceptors (Lipinski definition) is 5. The first-order chi connectivity index (χ1) is 7.84. The highest BCUT2D eigenvalue weighted by atomic mass is 16.6. The second-order valence-electron chi connectivity index (χ2n) is 5.63. The van der Waals surface area contributed by atoms with Crippen molar-refractivity contribution < 1.29 is 19.7 Å². The van der Waals surface area contributed by atoms with Gasteiger partial charge < -0.3 is 14.9 Å². The van der Waals surface area contributed by atoms with Crippen molar-refractivity contribution in [2.75, 3.05) is 13.2 Å². The van der Waals surface area contributed by atoms with Gasteiger partial charge in [0.2, 0.25) is 0 Å². The molecule has 1 aliphatic rings. The van der Waals surface area contributed by atoms with Crippen LogP contribution in [0.2, 0.25) is 0 Å². The zero-order chi connectivity index (χ0) is 13.1. The molecule has 0 aromatic heterocycles. The molecule has 100 valence electrons. The maximum absolute atomic E-state index is 11.7. The third kappa shape index (κ3) is 4.26. The third-order valence-corrected chi connectivity index (χ3v) is 2.96. The molecule has 0 spiro atoms. The molecule has 5 nitrogen and oxygen atoms in total. The Labute approximate surface area is 102 Å². The lowest BCUT2D eigenvalue weighted by atomic mass is 9.97. The van der Waals surface area contributed by atoms with Crippen LogP contribution in [0.1, 0.15) is 33.6 Å². The monoisotopic (exact) mass is 245 g/mol. The lowest BCUT2D eigenvalue weighted by Crippen LogP contribution is -2.33. The Balaban J connectivity index is 2.38. The van der Waals surface area contributed by atoms with Crippen molar-refractivity contribution in [1.82, 2.24) is 5.32 Å². The quantitative estimate of drug-likeness (QED) is 0.619. The molecule has 5 heteroatoms. The minimum Gasteiger partial charge on any atom is -0.446 e. The number of ether oxygens (including phenoxy) is 1. The summed E-state index contributed by atoms with van der Waals surface area (Å²) < 4.78 is 5.31. The van der Waals surface area contributed by atoms with Gasteiger partial charge in [0.1, 0.15) is 0 Å². The summed E-state index contributed by atoms with van der Waals surface area (Å²) in [5.41, 5.74) is -0.510. The first-order valence-electron chi connectivity index (χ1n) is 6.08. The van der Waals surface area contributed by atoms with Crippen LogP contribution in [0, 0.1) is 11.3 Å². The van der Waals surface area contributed by atoms with E-state index in [9.17, 15) is 9.90 Å². The highest BCUT2D eigenvalue weighted by Crippen LogP contribution is 2.23. The van der Waals surface area contributed by atoms with Gasteiger partial charge in [0, 0.05) is 25.5 Å². The van der Waals surface area contributed by atoms with E-state index in [1.54, 1.807) is 0 Å². The van der Waals surface area contributed by atoms with Gasteiger partial charge in [0.05, 0.1) is 11.5 Å². The number of carbonyl (C=O) groups excluding carboxylic acids is 1. The predicted molar refractivity (Wildman–Crippen MR) is 63.2 cm³/mol. The molecule has 1 unspecified atom stereocenters. The van der Waals surface area contributed by atoms with Gasteiger partial charge in [-0.25, -0.2) is 0 Å². The van der Waals surface area contributed by atoms with E-state index in [1.165, 1.54) is 0 Å². The molecule has 17 heavy (non-hydrogen) atoms. The molecule has 0 amide bonds. The summed E-state index contributed by atoms with van der Waals surface area (Å²) in [4.78, 5) is 11.7. The van der Waals surface area contributed by atoms with Gasteiger partial charge in [0.15, 0.2) is 6.23 Å². The number of aliphatic hydroxyl groups excluding tert-OH is 2. The average Bonchev–Trinajstić information content (AvgIpc) is 2.65. The van der Waals surface area contributed by atoms with E-state index < -0.39 is 11.5 Å². The van der Waals surface area contributed by atoms with Gasteiger partial charge in [-0.2, -0.15) is 0 Å². The summed E-state index contributed by atoms with van der Waals surface area (Å²) in [7, 11) is 0. The van der Waals surface area contributed by atoms with Crippen LogP contribution in [0.25, 0.3) is 0 Å². The van der Waals surface area contributed by atoms with E-state index in [0.717, 1.165) is 0 Å². The van der Waals surface area contributed by atoms with Gasteiger partial charge >= 0.3 is 5.97 Å². The van der Waals surface area contributed by atoms with Gasteiger partial charge in [0.25, 0.3) is 0 Å². The highest BCUT2D eigenvalue weighted by molar-refractivity contribution is 5.75. The Morgan fingerprint density at radius 1 is 1.53 bits per heavy atom. The molecule has 3 N–H and O–H groups in total. The Morgan fingerprint density at radius 2 is 2.18 bits per heavy atom. The summed E-state index contributed by atoms with van der Waals surface area (Å²) in [6.45, 7) is 6.01. The number of aliphatic hydroxyl groups is 2. The standard InChI is InChI=1S/C12H23NO4/c1-12(2,3)11(16)17-10-6-8(7-13-10)9(15)4-5-14/h8-10,13-15H,4-7H2,1-3H3/t8-,9+,10?/m0/s1. The van der Waals surface area contributed by atoms with Crippen LogP contribution in [-0.4, -0.2) is 41.7 Å². The van der Waals surface area contributed by atoms with E-state index in [1.807, 2.05) is 20.8 Å². The summed E-state index contributed by atoms with van der Waals surface area (Å²) >= 11 is 0. The van der Waals surface area contributed by atoms with Crippen molar-refractivity contribution in [2.24, 2.45) is 11.3 Å². The van der Waals surface area contributed by atoms with Crippen molar-refractivity contribution >= 4 is 5.97 Å². The van der Waals surface area contributed by atoms with Crippen molar-refractivity contribution in [3.63, 3.8) is 0 Å². The number of hydrogen-bond donors (Lipinski definition) is 3. The number of esters is 1. The first kappa shape index (κ1) is 14.4. The lowest BCUT2D eigenvalue weighted by molar-refractivity contribution is -0.159. The van der Waals surface area contributed by atoms with Gasteiger partial charge in [-0.05, 0) is 27.2 Å². The molecule has 1 heterocycles. The average molecular weight is 245 g/mol. The number of rotatable bonds is 4. The van der Waals surface area contributed by atoms with E-state index >= 15 is 0 Å². The maximum Gasteiger partial charge on any atom is 0.312 e. The zero-order valence-electron chi connectivity index (χ0n) is 10.8. The van der Waals surface area contributed by atoms with E-state index in [4.69, 9.17) is 9.84 Å². The van der Waals surface area contributed by atoms with E-state index in [0.29, 0.717) is 19.4 Å². The Bertz CT molecular complexity index is 262. The molecule has 0 aliphatic carbocycles. The molecule has 3 atom stereocenters. The van der Waals surface area contributed by atoms with Crippen LogP contribution in [0.15, 0.2) is 0 Å². The summed E-state index contributed by atoms with van der Waals surface area (Å²) in [6.07, 6.45) is 0.112. The molecule has 0 saturated carbocycles. The lowest BCUT2D eigenvalue weighted by Gasteiger charge is -2.21. The Morgan fingerprint density at radius 3 is 2.71 bits per heavy atom. The molecule has 1 saturated heterocycles. The predicted octanol–water partition coefficient (Wildman–Crippen LogP) is 0.255. The minimum absolute atomic E-state index is 0.0237. The molecule has 0 aromatic rings. The summed E-state index contributed by atoms with van der Waals surface area (Å²) in [5, 5.41) is 21.5. The van der Waals surface area contributed by atoms with Gasteiger partial charge in [-0.1, -0.05) is 0 Å². The molecule has 0 radical (unpaired) electrons. The second kappa shape index (κ2) is 5.80. The maximum atomic E-state index is 11.7. The fourth-order valence-electron chi connectivity index (χ4n) is 1.78. The summed E-state index contributed by atoms with van der Waals surface area (Å²) in [5.74, 6) is -0.202. The van der Waals surface area contributed by atoms with Crippen molar-refractivity contribution in [1.29, 1.82) is 0 Å². The molecule has 1 aliphatic heterocycles. The van der Waals surface area contributed by atoms with Gasteiger partial charge in [-0.3, -0.25) is 10.1 Å². The molecule has 1 rings (SSSR count). The fourth-order valence-corrected chi connectivity index (χ4v) is 1.78. The third-order valence-electron chi connectivity index (χ3n) is 2.96. The van der Waals surface area contributed by atoms with Crippen LogP contribution >= 0.6 is 0 Å². The van der Waals surface area contributed by atoms with Crippen LogP contribution in [0.3, 0.4) is 0 Å². The minimum atomic E-state index is -0.536. The van der Waals surface area contributed by atoms with Crippen LogP contribution < -0.4 is 5.32 Å². The highest BCUT2D eigenvalue weighted by Gasteiger charge is 2.33. The topological polar surface area (TPSA) is 78.8 Å². The van der Waals surface area contributed by atoms with Crippen LogP contribution in [-0.2, 0) is 9.53 Å². The zero-order valence-corrected chi connectivity index (χ0v) is 10.8. The van der Waals surface area contributed by atoms with E-state index in [2.05, 4.69) is 5.32 Å². The van der Waals surface area contributed by atoms with Gasteiger partial charge in [-0.15, -0.1) is 0 Å². The van der Waals surface area contributed by atoms with Crippen molar-refractivity contribution in [3.8, 4) is 0 Å². The number of nitrogens with one attached hydrogen (secondary N) is 1. The fraction of sp³-hybridized carbons (Fsp3) is 0.917. The Hall–Kier alpha value is -0.650. The first-order valence-corrected chi connectivity index (χ1v) is 6.08. The SMILES string of the molecule is CC(C)(C)C(=O)OC1C[C@H]([C@H](O)CCO)CN1. The van der Waals surface area contributed by atoms with Crippen molar-refractivity contribution in [3.05, 3.63) is 0 Å². The van der Waals surface area contributed by atoms with E-state index in [-0.39, 0.29) is 24.7 Å². The molecular weight excluding hydrogens is 222 g/mol. The molecule has 1 fully saturated rings.